The molecular formula is C12H20N2O. The van der Waals surface area contributed by atoms with Gasteiger partial charge in [-0.05, 0) is 32.2 Å². The summed E-state index contributed by atoms with van der Waals surface area (Å²) in [6, 6.07) is 0.512. The van der Waals surface area contributed by atoms with Crippen molar-refractivity contribution in [3.05, 3.63) is 12.7 Å². The first kappa shape index (κ1) is 10.7. The number of carbonyl (C=O) groups is 1. The van der Waals surface area contributed by atoms with Gasteiger partial charge in [0.1, 0.15) is 0 Å². The first-order valence-electron chi connectivity index (χ1n) is 5.95. The molecule has 84 valence electrons. The van der Waals surface area contributed by atoms with E-state index in [1.165, 1.54) is 12.8 Å². The molecule has 2 rings (SSSR count). The zero-order valence-corrected chi connectivity index (χ0v) is 9.24. The first-order valence-corrected chi connectivity index (χ1v) is 5.95. The summed E-state index contributed by atoms with van der Waals surface area (Å²) >= 11 is 0. The minimum absolute atomic E-state index is 0.208. The molecule has 1 amide bonds. The largest absolute Gasteiger partial charge is 0.336 e. The number of carbonyl (C=O) groups excluding carboxylic acids is 1. The van der Waals surface area contributed by atoms with Crippen molar-refractivity contribution in [3.63, 3.8) is 0 Å². The molecule has 1 atom stereocenters. The lowest BCUT2D eigenvalue weighted by Crippen LogP contribution is -2.44. The maximum Gasteiger partial charge on any atom is 0.227 e. The molecule has 0 radical (unpaired) electrons. The van der Waals surface area contributed by atoms with Crippen LogP contribution in [0.4, 0.5) is 0 Å². The second-order valence-electron chi connectivity index (χ2n) is 4.55. The normalized spacial score (nSPS) is 26.0. The van der Waals surface area contributed by atoms with Gasteiger partial charge in [0.25, 0.3) is 0 Å². The van der Waals surface area contributed by atoms with Crippen molar-refractivity contribution in [3.8, 4) is 0 Å². The molecule has 2 fully saturated rings. The lowest BCUT2D eigenvalue weighted by Gasteiger charge is -2.29. The van der Waals surface area contributed by atoms with Crippen LogP contribution in [0, 0.1) is 5.92 Å². The standard InChI is InChI=1S/C12H20N2O/c1-2-8-14(11-5-6-11)12(15)10-4-3-7-13-9-10/h2,10-11,13H,1,3-9H2/t10-/m1/s1. The van der Waals surface area contributed by atoms with E-state index in [4.69, 9.17) is 0 Å². The van der Waals surface area contributed by atoms with E-state index in [0.29, 0.717) is 11.9 Å². The minimum Gasteiger partial charge on any atom is -0.336 e. The van der Waals surface area contributed by atoms with E-state index in [-0.39, 0.29) is 5.92 Å². The molecule has 3 heteroatoms. The van der Waals surface area contributed by atoms with E-state index in [1.54, 1.807) is 0 Å². The molecule has 1 aliphatic heterocycles. The summed E-state index contributed by atoms with van der Waals surface area (Å²) in [5.41, 5.74) is 0. The summed E-state index contributed by atoms with van der Waals surface area (Å²) in [6.45, 7) is 6.38. The summed E-state index contributed by atoms with van der Waals surface area (Å²) in [5, 5.41) is 3.30. The molecule has 0 bridgehead atoms. The smallest absolute Gasteiger partial charge is 0.227 e. The van der Waals surface area contributed by atoms with Gasteiger partial charge in [-0.15, -0.1) is 6.58 Å². The molecule has 15 heavy (non-hydrogen) atoms. The molecule has 0 spiro atoms. The van der Waals surface area contributed by atoms with E-state index >= 15 is 0 Å². The van der Waals surface area contributed by atoms with Gasteiger partial charge in [-0.25, -0.2) is 0 Å². The fourth-order valence-electron chi connectivity index (χ4n) is 2.24. The molecule has 0 aromatic rings. The molecule has 3 nitrogen and oxygen atoms in total. The van der Waals surface area contributed by atoms with Crippen molar-refractivity contribution in [2.75, 3.05) is 19.6 Å². The molecule has 0 unspecified atom stereocenters. The molecular weight excluding hydrogens is 188 g/mol. The lowest BCUT2D eigenvalue weighted by molar-refractivity contribution is -0.136. The van der Waals surface area contributed by atoms with Crippen LogP contribution in [0.1, 0.15) is 25.7 Å². The molecule has 0 aromatic heterocycles. The Balaban J connectivity index is 1.93. The minimum atomic E-state index is 0.208. The van der Waals surface area contributed by atoms with Crippen LogP contribution in [0.2, 0.25) is 0 Å². The van der Waals surface area contributed by atoms with Crippen LogP contribution < -0.4 is 5.32 Å². The Morgan fingerprint density at radius 1 is 1.47 bits per heavy atom. The highest BCUT2D eigenvalue weighted by atomic mass is 16.2. The van der Waals surface area contributed by atoms with Gasteiger partial charge in [-0.3, -0.25) is 4.79 Å². The predicted molar refractivity (Wildman–Crippen MR) is 60.5 cm³/mol. The van der Waals surface area contributed by atoms with Gasteiger partial charge >= 0.3 is 0 Å². The summed E-state index contributed by atoms with van der Waals surface area (Å²) < 4.78 is 0. The van der Waals surface area contributed by atoms with E-state index in [9.17, 15) is 4.79 Å². The van der Waals surface area contributed by atoms with Gasteiger partial charge in [0, 0.05) is 19.1 Å². The van der Waals surface area contributed by atoms with Crippen LogP contribution in [0.3, 0.4) is 0 Å². The highest BCUT2D eigenvalue weighted by molar-refractivity contribution is 5.80. The Labute approximate surface area is 91.5 Å². The Morgan fingerprint density at radius 3 is 2.80 bits per heavy atom. The Morgan fingerprint density at radius 2 is 2.27 bits per heavy atom. The number of amides is 1. The summed E-state index contributed by atoms with van der Waals surface area (Å²) in [7, 11) is 0. The number of hydrogen-bond acceptors (Lipinski definition) is 2. The molecule has 1 N–H and O–H groups in total. The SMILES string of the molecule is C=CCN(C(=O)[C@@H]1CCCNC1)C1CC1. The van der Waals surface area contributed by atoms with Crippen molar-refractivity contribution in [2.24, 2.45) is 5.92 Å². The van der Waals surface area contributed by atoms with Crippen molar-refractivity contribution in [1.82, 2.24) is 10.2 Å². The van der Waals surface area contributed by atoms with Crippen LogP contribution in [-0.2, 0) is 4.79 Å². The average Bonchev–Trinajstić information content (AvgIpc) is 3.10. The number of nitrogens with one attached hydrogen (secondary N) is 1. The maximum atomic E-state index is 12.2. The van der Waals surface area contributed by atoms with Crippen molar-refractivity contribution < 1.29 is 4.79 Å². The van der Waals surface area contributed by atoms with Crippen LogP contribution in [0.25, 0.3) is 0 Å². The third kappa shape index (κ3) is 2.59. The van der Waals surface area contributed by atoms with Crippen molar-refractivity contribution in [2.45, 2.75) is 31.7 Å². The fraction of sp³-hybridized carbons (Fsp3) is 0.750. The summed E-state index contributed by atoms with van der Waals surface area (Å²) in [5.74, 6) is 0.545. The maximum absolute atomic E-state index is 12.2. The summed E-state index contributed by atoms with van der Waals surface area (Å²) in [4.78, 5) is 14.2. The molecule has 2 aliphatic rings. The van der Waals surface area contributed by atoms with Crippen LogP contribution in [0.5, 0.6) is 0 Å². The zero-order valence-electron chi connectivity index (χ0n) is 9.24. The second-order valence-corrected chi connectivity index (χ2v) is 4.55. The van der Waals surface area contributed by atoms with Gasteiger partial charge in [-0.1, -0.05) is 6.08 Å². The number of hydrogen-bond donors (Lipinski definition) is 1. The van der Waals surface area contributed by atoms with Crippen LogP contribution in [0.15, 0.2) is 12.7 Å². The Hall–Kier alpha value is -0.830. The molecule has 1 saturated carbocycles. The van der Waals surface area contributed by atoms with Gasteiger partial charge < -0.3 is 10.2 Å². The highest BCUT2D eigenvalue weighted by Gasteiger charge is 2.35. The van der Waals surface area contributed by atoms with E-state index in [0.717, 1.165) is 32.5 Å². The van der Waals surface area contributed by atoms with E-state index in [1.807, 2.05) is 11.0 Å². The van der Waals surface area contributed by atoms with Gasteiger partial charge in [0.2, 0.25) is 5.91 Å². The number of rotatable bonds is 4. The Kier molecular flexibility index (Phi) is 3.41. The second kappa shape index (κ2) is 4.79. The molecule has 1 saturated heterocycles. The highest BCUT2D eigenvalue weighted by Crippen LogP contribution is 2.29. The molecule has 1 aliphatic carbocycles. The molecule has 0 aromatic carbocycles. The summed E-state index contributed by atoms with van der Waals surface area (Å²) in [6.07, 6.45) is 6.38. The third-order valence-electron chi connectivity index (χ3n) is 3.24. The van der Waals surface area contributed by atoms with Gasteiger partial charge in [0.05, 0.1) is 5.92 Å². The average molecular weight is 208 g/mol. The quantitative estimate of drug-likeness (QED) is 0.703. The topological polar surface area (TPSA) is 32.3 Å². The van der Waals surface area contributed by atoms with Gasteiger partial charge in [0.15, 0.2) is 0 Å². The molecule has 1 heterocycles. The Bertz CT molecular complexity index is 242. The fourth-order valence-corrected chi connectivity index (χ4v) is 2.24. The monoisotopic (exact) mass is 208 g/mol. The van der Waals surface area contributed by atoms with E-state index < -0.39 is 0 Å². The lowest BCUT2D eigenvalue weighted by atomic mass is 9.98. The van der Waals surface area contributed by atoms with Crippen LogP contribution >= 0.6 is 0 Å². The van der Waals surface area contributed by atoms with Crippen LogP contribution in [-0.4, -0.2) is 36.5 Å². The van der Waals surface area contributed by atoms with Crippen molar-refractivity contribution in [1.29, 1.82) is 0 Å². The zero-order chi connectivity index (χ0) is 10.7. The van der Waals surface area contributed by atoms with Crippen molar-refractivity contribution >= 4 is 5.91 Å². The first-order chi connectivity index (χ1) is 7.33. The number of piperidine rings is 1. The third-order valence-corrected chi connectivity index (χ3v) is 3.24. The number of nitrogens with zero attached hydrogens (tertiary/aromatic N) is 1. The predicted octanol–water partition coefficient (Wildman–Crippen LogP) is 1.16. The van der Waals surface area contributed by atoms with Gasteiger partial charge in [-0.2, -0.15) is 0 Å². The van der Waals surface area contributed by atoms with E-state index in [2.05, 4.69) is 11.9 Å².